The predicted molar refractivity (Wildman–Crippen MR) is 72.1 cm³/mol. The van der Waals surface area contributed by atoms with E-state index in [2.05, 4.69) is 31.9 Å². The summed E-state index contributed by atoms with van der Waals surface area (Å²) < 4.78 is 1.65. The third-order valence-corrected chi connectivity index (χ3v) is 4.05. The lowest BCUT2D eigenvalue weighted by atomic mass is 9.96. The highest BCUT2D eigenvalue weighted by atomic mass is 79.9. The Morgan fingerprint density at radius 3 is 2.62 bits per heavy atom. The van der Waals surface area contributed by atoms with Crippen molar-refractivity contribution in [1.29, 1.82) is 0 Å². The van der Waals surface area contributed by atoms with Crippen molar-refractivity contribution in [1.82, 2.24) is 0 Å². The minimum absolute atomic E-state index is 0.0561. The summed E-state index contributed by atoms with van der Waals surface area (Å²) in [6, 6.07) is 5.99. The average molecular weight is 338 g/mol. The summed E-state index contributed by atoms with van der Waals surface area (Å²) in [7, 11) is 0. The maximum Gasteiger partial charge on any atom is 0.200 e. The van der Waals surface area contributed by atoms with E-state index in [1.807, 2.05) is 36.4 Å². The average Bonchev–Trinajstić information content (AvgIpc) is 2.64. The van der Waals surface area contributed by atoms with Gasteiger partial charge in [0.1, 0.15) is 0 Å². The Kier molecular flexibility index (Phi) is 2.26. The summed E-state index contributed by atoms with van der Waals surface area (Å²) in [5.74, 6) is 0.0561. The minimum Gasteiger partial charge on any atom is -0.288 e. The highest BCUT2D eigenvalue weighted by Crippen LogP contribution is 2.43. The van der Waals surface area contributed by atoms with Crippen LogP contribution >= 0.6 is 31.9 Å². The number of hydrogen-bond donors (Lipinski definition) is 0. The van der Waals surface area contributed by atoms with E-state index in [9.17, 15) is 4.79 Å². The predicted octanol–water partition coefficient (Wildman–Crippen LogP) is 4.09. The van der Waals surface area contributed by atoms with Gasteiger partial charge in [0, 0.05) is 15.6 Å². The number of carbonyl (C=O) groups excluding carboxylic acids is 1. The Hall–Kier alpha value is -0.930. The first-order valence-corrected chi connectivity index (χ1v) is 6.40. The Morgan fingerprint density at radius 2 is 1.81 bits per heavy atom. The second-order valence-electron chi connectivity index (χ2n) is 3.69. The fraction of sp³-hybridized carbons (Fsp3) is 0. The van der Waals surface area contributed by atoms with Crippen LogP contribution in [-0.2, 0) is 4.79 Å². The molecule has 0 unspecified atom stereocenters. The Labute approximate surface area is 110 Å². The zero-order valence-corrected chi connectivity index (χ0v) is 11.3. The zero-order chi connectivity index (χ0) is 11.3. The van der Waals surface area contributed by atoms with Gasteiger partial charge in [-0.2, -0.15) is 0 Å². The van der Waals surface area contributed by atoms with Gasteiger partial charge in [0.25, 0.3) is 0 Å². The first kappa shape index (κ1) is 10.2. The standard InChI is InChI=1S/C13H6Br2O/c14-10-3-1-2-7-6-9-8(12(7)10)4-5-11(15)13(9)16/h1-6H. The maximum atomic E-state index is 11.9. The Bertz CT molecular complexity index is 606. The Morgan fingerprint density at radius 1 is 1.00 bits per heavy atom. The molecule has 0 aliphatic heterocycles. The van der Waals surface area contributed by atoms with Crippen LogP contribution in [0.1, 0.15) is 11.1 Å². The summed E-state index contributed by atoms with van der Waals surface area (Å²) in [6.45, 7) is 0. The topological polar surface area (TPSA) is 17.1 Å². The van der Waals surface area contributed by atoms with Gasteiger partial charge in [-0.05, 0) is 45.3 Å². The van der Waals surface area contributed by atoms with E-state index in [-0.39, 0.29) is 5.78 Å². The summed E-state index contributed by atoms with van der Waals surface area (Å²) in [4.78, 5) is 11.9. The molecular formula is C13H6Br2O. The smallest absolute Gasteiger partial charge is 0.200 e. The second-order valence-corrected chi connectivity index (χ2v) is 5.39. The first-order chi connectivity index (χ1) is 7.68. The molecule has 0 aromatic heterocycles. The molecule has 0 saturated heterocycles. The number of benzene rings is 1. The van der Waals surface area contributed by atoms with Gasteiger partial charge in [-0.25, -0.2) is 0 Å². The molecule has 1 aromatic rings. The summed E-state index contributed by atoms with van der Waals surface area (Å²) >= 11 is 6.79. The van der Waals surface area contributed by atoms with Crippen molar-refractivity contribution in [3.05, 3.63) is 56.0 Å². The molecule has 0 radical (unpaired) electrons. The van der Waals surface area contributed by atoms with Gasteiger partial charge in [-0.3, -0.25) is 4.79 Å². The molecule has 1 nitrogen and oxygen atoms in total. The van der Waals surface area contributed by atoms with Crippen molar-refractivity contribution in [2.75, 3.05) is 0 Å². The molecule has 0 amide bonds. The molecule has 3 rings (SSSR count). The molecule has 16 heavy (non-hydrogen) atoms. The van der Waals surface area contributed by atoms with E-state index in [0.29, 0.717) is 4.48 Å². The lowest BCUT2D eigenvalue weighted by Crippen LogP contribution is -2.05. The van der Waals surface area contributed by atoms with Crippen molar-refractivity contribution >= 4 is 49.3 Å². The quantitative estimate of drug-likeness (QED) is 0.696. The van der Waals surface area contributed by atoms with Crippen LogP contribution in [0.15, 0.2) is 44.9 Å². The third kappa shape index (κ3) is 1.31. The van der Waals surface area contributed by atoms with E-state index < -0.39 is 0 Å². The number of carbonyl (C=O) groups is 1. The lowest BCUT2D eigenvalue weighted by molar-refractivity contribution is -0.111. The molecular weight excluding hydrogens is 332 g/mol. The molecule has 0 atom stereocenters. The van der Waals surface area contributed by atoms with Crippen LogP contribution in [0.4, 0.5) is 0 Å². The normalized spacial score (nSPS) is 17.4. The first-order valence-electron chi connectivity index (χ1n) is 4.81. The number of hydrogen-bond acceptors (Lipinski definition) is 1. The van der Waals surface area contributed by atoms with Gasteiger partial charge in [-0.1, -0.05) is 34.1 Å². The molecule has 0 spiro atoms. The van der Waals surface area contributed by atoms with Crippen LogP contribution in [-0.4, -0.2) is 5.78 Å². The van der Waals surface area contributed by atoms with Crippen molar-refractivity contribution in [2.24, 2.45) is 0 Å². The summed E-state index contributed by atoms with van der Waals surface area (Å²) in [5.41, 5.74) is 3.99. The Balaban J connectivity index is 2.29. The van der Waals surface area contributed by atoms with Crippen LogP contribution in [0.25, 0.3) is 11.6 Å². The van der Waals surface area contributed by atoms with E-state index in [0.717, 1.165) is 26.7 Å². The van der Waals surface area contributed by atoms with Gasteiger partial charge in [-0.15, -0.1) is 0 Å². The molecule has 0 heterocycles. The van der Waals surface area contributed by atoms with Crippen molar-refractivity contribution in [2.45, 2.75) is 0 Å². The molecule has 0 saturated carbocycles. The SMILES string of the molecule is O=C1C(Br)=CC=C2C1=Cc1cccc(Br)c12. The van der Waals surface area contributed by atoms with Crippen molar-refractivity contribution in [3.8, 4) is 0 Å². The number of halogens is 2. The van der Waals surface area contributed by atoms with Gasteiger partial charge in [0.2, 0.25) is 5.78 Å². The molecule has 2 aliphatic rings. The monoisotopic (exact) mass is 336 g/mol. The van der Waals surface area contributed by atoms with E-state index >= 15 is 0 Å². The van der Waals surface area contributed by atoms with E-state index in [1.165, 1.54) is 0 Å². The molecule has 78 valence electrons. The van der Waals surface area contributed by atoms with Crippen molar-refractivity contribution in [3.63, 3.8) is 0 Å². The number of rotatable bonds is 0. The molecule has 1 aromatic carbocycles. The minimum atomic E-state index is 0.0561. The summed E-state index contributed by atoms with van der Waals surface area (Å²) in [6.07, 6.45) is 5.74. The van der Waals surface area contributed by atoms with Crippen LogP contribution in [0.3, 0.4) is 0 Å². The van der Waals surface area contributed by atoms with Crippen LogP contribution < -0.4 is 0 Å². The summed E-state index contributed by atoms with van der Waals surface area (Å²) in [5, 5.41) is 0. The number of ketones is 1. The third-order valence-electron chi connectivity index (χ3n) is 2.76. The maximum absolute atomic E-state index is 11.9. The number of Topliss-reactive ketones (excluding diaryl/α,β-unsaturated/α-hetero) is 1. The van der Waals surface area contributed by atoms with Gasteiger partial charge in [0.05, 0.1) is 4.48 Å². The highest BCUT2D eigenvalue weighted by molar-refractivity contribution is 9.12. The molecule has 2 aliphatic carbocycles. The van der Waals surface area contributed by atoms with Crippen molar-refractivity contribution < 1.29 is 4.79 Å². The van der Waals surface area contributed by atoms with Gasteiger partial charge >= 0.3 is 0 Å². The molecule has 3 heteroatoms. The van der Waals surface area contributed by atoms with E-state index in [1.54, 1.807) is 0 Å². The van der Waals surface area contributed by atoms with Crippen LogP contribution in [0, 0.1) is 0 Å². The molecule has 0 N–H and O–H groups in total. The van der Waals surface area contributed by atoms with Crippen LogP contribution in [0.5, 0.6) is 0 Å². The number of fused-ring (bicyclic) bond motifs is 3. The van der Waals surface area contributed by atoms with Gasteiger partial charge in [0.15, 0.2) is 0 Å². The lowest BCUT2D eigenvalue weighted by Gasteiger charge is -2.11. The van der Waals surface area contributed by atoms with E-state index in [4.69, 9.17) is 0 Å². The fourth-order valence-corrected chi connectivity index (χ4v) is 2.98. The van der Waals surface area contributed by atoms with Gasteiger partial charge < -0.3 is 0 Å². The molecule has 0 bridgehead atoms. The molecule has 0 fully saturated rings. The zero-order valence-electron chi connectivity index (χ0n) is 8.13. The number of allylic oxidation sites excluding steroid dienone is 5. The second kappa shape index (κ2) is 3.54. The highest BCUT2D eigenvalue weighted by Gasteiger charge is 2.28. The van der Waals surface area contributed by atoms with Crippen LogP contribution in [0.2, 0.25) is 0 Å². The fourth-order valence-electron chi connectivity index (χ4n) is 2.03. The largest absolute Gasteiger partial charge is 0.288 e.